The number of halogens is 2. The SMILES string of the molecule is COc1ccc(-n2[nH]c(C)c(C(C)=Nc3cc(Cl)ccc3Cl)c2=O)cc1. The van der Waals surface area contributed by atoms with Gasteiger partial charge in [-0.15, -0.1) is 0 Å². The Morgan fingerprint density at radius 1 is 1.15 bits per heavy atom. The summed E-state index contributed by atoms with van der Waals surface area (Å²) in [4.78, 5) is 17.4. The summed E-state index contributed by atoms with van der Waals surface area (Å²) in [5, 5.41) is 4.08. The second-order valence-electron chi connectivity index (χ2n) is 5.74. The molecule has 1 aromatic heterocycles. The summed E-state index contributed by atoms with van der Waals surface area (Å²) < 4.78 is 6.62. The Bertz CT molecular complexity index is 1030. The fourth-order valence-electron chi connectivity index (χ4n) is 2.69. The Kier molecular flexibility index (Phi) is 5.20. The van der Waals surface area contributed by atoms with Crippen LogP contribution in [0, 0.1) is 6.92 Å². The van der Waals surface area contributed by atoms with Gasteiger partial charge in [-0.2, -0.15) is 0 Å². The zero-order valence-electron chi connectivity index (χ0n) is 14.5. The highest BCUT2D eigenvalue weighted by Gasteiger charge is 2.15. The number of H-pyrrole nitrogens is 1. The smallest absolute Gasteiger partial charge is 0.280 e. The van der Waals surface area contributed by atoms with Gasteiger partial charge in [-0.3, -0.25) is 14.9 Å². The summed E-state index contributed by atoms with van der Waals surface area (Å²) >= 11 is 12.2. The van der Waals surface area contributed by atoms with Crippen LogP contribution in [0.2, 0.25) is 10.0 Å². The number of rotatable bonds is 4. The van der Waals surface area contributed by atoms with Crippen LogP contribution >= 0.6 is 23.2 Å². The van der Waals surface area contributed by atoms with Gasteiger partial charge in [0.25, 0.3) is 5.56 Å². The number of ether oxygens (including phenoxy) is 1. The van der Waals surface area contributed by atoms with Crippen molar-refractivity contribution in [1.82, 2.24) is 9.78 Å². The Morgan fingerprint density at radius 2 is 1.85 bits per heavy atom. The predicted octanol–water partition coefficient (Wildman–Crippen LogP) is 4.93. The second-order valence-corrected chi connectivity index (χ2v) is 6.59. The topological polar surface area (TPSA) is 59.4 Å². The monoisotopic (exact) mass is 389 g/mol. The zero-order valence-corrected chi connectivity index (χ0v) is 16.0. The van der Waals surface area contributed by atoms with Crippen LogP contribution in [0.15, 0.2) is 52.3 Å². The van der Waals surface area contributed by atoms with Crippen molar-refractivity contribution in [2.45, 2.75) is 13.8 Å². The molecule has 0 saturated heterocycles. The molecule has 0 aliphatic rings. The van der Waals surface area contributed by atoms with Crippen LogP contribution in [0.4, 0.5) is 5.69 Å². The van der Waals surface area contributed by atoms with Gasteiger partial charge in [0, 0.05) is 10.7 Å². The van der Waals surface area contributed by atoms with E-state index in [1.54, 1.807) is 56.5 Å². The molecule has 0 saturated carbocycles. The molecule has 1 heterocycles. The molecule has 0 spiro atoms. The van der Waals surface area contributed by atoms with Crippen LogP contribution in [0.25, 0.3) is 5.69 Å². The van der Waals surface area contributed by atoms with E-state index in [-0.39, 0.29) is 5.56 Å². The summed E-state index contributed by atoms with van der Waals surface area (Å²) in [6.07, 6.45) is 0. The predicted molar refractivity (Wildman–Crippen MR) is 106 cm³/mol. The molecular formula is C19H17Cl2N3O2. The minimum absolute atomic E-state index is 0.188. The Labute approximate surface area is 160 Å². The van der Waals surface area contributed by atoms with E-state index >= 15 is 0 Å². The first kappa shape index (κ1) is 18.3. The molecule has 3 rings (SSSR count). The molecule has 3 aromatic rings. The molecule has 0 bridgehead atoms. The highest BCUT2D eigenvalue weighted by molar-refractivity contribution is 6.35. The van der Waals surface area contributed by atoms with E-state index < -0.39 is 0 Å². The highest BCUT2D eigenvalue weighted by Crippen LogP contribution is 2.28. The molecule has 2 aromatic carbocycles. The molecule has 0 amide bonds. The molecule has 0 radical (unpaired) electrons. The summed E-state index contributed by atoms with van der Waals surface area (Å²) in [5.74, 6) is 0.721. The van der Waals surface area contributed by atoms with E-state index in [0.717, 1.165) is 5.75 Å². The van der Waals surface area contributed by atoms with Crippen LogP contribution in [0.1, 0.15) is 18.2 Å². The molecule has 0 atom stereocenters. The lowest BCUT2D eigenvalue weighted by atomic mass is 10.1. The summed E-state index contributed by atoms with van der Waals surface area (Å²) in [6, 6.07) is 12.2. The number of benzene rings is 2. The van der Waals surface area contributed by atoms with Gasteiger partial charge in [-0.05, 0) is 56.3 Å². The summed E-state index contributed by atoms with van der Waals surface area (Å²) in [7, 11) is 1.60. The quantitative estimate of drug-likeness (QED) is 0.642. The molecule has 0 unspecified atom stereocenters. The van der Waals surface area contributed by atoms with E-state index in [4.69, 9.17) is 27.9 Å². The van der Waals surface area contributed by atoms with Gasteiger partial charge in [0.1, 0.15) is 5.75 Å². The second kappa shape index (κ2) is 7.40. The van der Waals surface area contributed by atoms with E-state index in [9.17, 15) is 4.79 Å². The van der Waals surface area contributed by atoms with E-state index in [0.29, 0.717) is 38.4 Å². The lowest BCUT2D eigenvalue weighted by Gasteiger charge is -2.03. The van der Waals surface area contributed by atoms with Crippen LogP contribution in [0.3, 0.4) is 0 Å². The number of aromatic nitrogens is 2. The first-order valence-corrected chi connectivity index (χ1v) is 8.63. The normalized spacial score (nSPS) is 11.7. The standard InChI is InChI=1S/C19H17Cl2N3O2/c1-11(22-17-10-13(20)4-9-16(17)21)18-12(2)23-24(19(18)25)14-5-7-15(26-3)8-6-14/h4-10,23H,1-3H3. The van der Waals surface area contributed by atoms with Crippen molar-refractivity contribution in [3.8, 4) is 11.4 Å². The average Bonchev–Trinajstić information content (AvgIpc) is 2.92. The van der Waals surface area contributed by atoms with Crippen molar-refractivity contribution >= 4 is 34.6 Å². The maximum absolute atomic E-state index is 12.9. The number of hydrogen-bond acceptors (Lipinski definition) is 3. The third kappa shape index (κ3) is 3.54. The largest absolute Gasteiger partial charge is 0.497 e. The minimum atomic E-state index is -0.188. The van der Waals surface area contributed by atoms with Crippen LogP contribution < -0.4 is 10.3 Å². The number of nitrogens with one attached hydrogen (secondary N) is 1. The number of aliphatic imine (C=N–C) groups is 1. The highest BCUT2D eigenvalue weighted by atomic mass is 35.5. The number of hydrogen-bond donors (Lipinski definition) is 1. The Balaban J connectivity index is 2.06. The van der Waals surface area contributed by atoms with Gasteiger partial charge in [-0.1, -0.05) is 23.2 Å². The van der Waals surface area contributed by atoms with E-state index in [2.05, 4.69) is 10.1 Å². The molecule has 0 fully saturated rings. The third-order valence-corrected chi connectivity index (χ3v) is 4.51. The first-order valence-electron chi connectivity index (χ1n) is 7.87. The molecule has 134 valence electrons. The molecule has 7 heteroatoms. The van der Waals surface area contributed by atoms with Crippen LogP contribution in [0.5, 0.6) is 5.75 Å². The number of nitrogens with zero attached hydrogens (tertiary/aromatic N) is 2. The Hall–Kier alpha value is -2.50. The minimum Gasteiger partial charge on any atom is -0.497 e. The number of methoxy groups -OCH3 is 1. The van der Waals surface area contributed by atoms with Gasteiger partial charge >= 0.3 is 0 Å². The molecule has 26 heavy (non-hydrogen) atoms. The van der Waals surface area contributed by atoms with Gasteiger partial charge in [0.15, 0.2) is 0 Å². The zero-order chi connectivity index (χ0) is 18.8. The lowest BCUT2D eigenvalue weighted by molar-refractivity contribution is 0.414. The molecule has 1 N–H and O–H groups in total. The summed E-state index contributed by atoms with van der Waals surface area (Å²) in [5.41, 5.74) is 2.81. The van der Waals surface area contributed by atoms with Crippen molar-refractivity contribution in [1.29, 1.82) is 0 Å². The maximum atomic E-state index is 12.9. The van der Waals surface area contributed by atoms with Crippen LogP contribution in [-0.2, 0) is 0 Å². The van der Waals surface area contributed by atoms with Crippen molar-refractivity contribution in [3.63, 3.8) is 0 Å². The Morgan fingerprint density at radius 3 is 2.50 bits per heavy atom. The van der Waals surface area contributed by atoms with Crippen molar-refractivity contribution in [3.05, 3.63) is 74.1 Å². The summed E-state index contributed by atoms with van der Waals surface area (Å²) in [6.45, 7) is 3.60. The first-order chi connectivity index (χ1) is 12.4. The van der Waals surface area contributed by atoms with Crippen molar-refractivity contribution in [2.24, 2.45) is 4.99 Å². The van der Waals surface area contributed by atoms with Gasteiger partial charge < -0.3 is 4.74 Å². The van der Waals surface area contributed by atoms with E-state index in [1.165, 1.54) is 4.68 Å². The van der Waals surface area contributed by atoms with Gasteiger partial charge in [-0.25, -0.2) is 4.68 Å². The van der Waals surface area contributed by atoms with Gasteiger partial charge in [0.2, 0.25) is 0 Å². The fourth-order valence-corrected chi connectivity index (χ4v) is 3.02. The number of aryl methyl sites for hydroxylation is 1. The molecule has 5 nitrogen and oxygen atoms in total. The fraction of sp³-hybridized carbons (Fsp3) is 0.158. The maximum Gasteiger partial charge on any atom is 0.280 e. The van der Waals surface area contributed by atoms with E-state index in [1.807, 2.05) is 6.92 Å². The lowest BCUT2D eigenvalue weighted by Crippen LogP contribution is -2.19. The number of aromatic amines is 1. The third-order valence-electron chi connectivity index (χ3n) is 3.96. The van der Waals surface area contributed by atoms with Crippen molar-refractivity contribution in [2.75, 3.05) is 7.11 Å². The van der Waals surface area contributed by atoms with Crippen molar-refractivity contribution < 1.29 is 4.74 Å². The molecule has 0 aliphatic carbocycles. The van der Waals surface area contributed by atoms with Gasteiger partial charge in [0.05, 0.1) is 34.8 Å². The van der Waals surface area contributed by atoms with Crippen LogP contribution in [-0.4, -0.2) is 22.6 Å². The molecule has 0 aliphatic heterocycles. The molecular weight excluding hydrogens is 373 g/mol. The average molecular weight is 390 g/mol.